The van der Waals surface area contributed by atoms with Gasteiger partial charge in [-0.05, 0) is 60.4 Å². The number of rotatable bonds is 10. The molecule has 0 N–H and O–H groups in total. The van der Waals surface area contributed by atoms with E-state index in [0.29, 0.717) is 18.8 Å². The highest BCUT2D eigenvalue weighted by Crippen LogP contribution is 2.32. The van der Waals surface area contributed by atoms with Crippen LogP contribution >= 0.6 is 11.3 Å². The van der Waals surface area contributed by atoms with E-state index in [2.05, 4.69) is 34.1 Å². The summed E-state index contributed by atoms with van der Waals surface area (Å²) in [5.74, 6) is 0.281. The molecule has 0 bridgehead atoms. The van der Waals surface area contributed by atoms with Crippen LogP contribution in [0.1, 0.15) is 38.1 Å². The molecule has 1 aliphatic rings. The number of para-hydroxylation sites is 1. The standard InChI is InChI=1S/C32H38N4O4S2/c1-23(2)21-36(22-24(3)4)42(38,39)28-13-10-25(11-14-28)31(37)40-27-12-15-29-30(20-27)41-32(33-29)35-18-16-34(17-19-35)26-8-6-5-7-9-26/h5-15,20,23-24H,16-19,21-22H2,1-4H3. The quantitative estimate of drug-likeness (QED) is 0.158. The van der Waals surface area contributed by atoms with Crippen molar-refractivity contribution in [3.63, 3.8) is 0 Å². The fourth-order valence-electron chi connectivity index (χ4n) is 5.05. The Morgan fingerprint density at radius 1 is 0.881 bits per heavy atom. The number of piperazine rings is 1. The maximum atomic E-state index is 13.3. The van der Waals surface area contributed by atoms with E-state index < -0.39 is 16.0 Å². The minimum atomic E-state index is -3.67. The van der Waals surface area contributed by atoms with Crippen LogP contribution in [0.4, 0.5) is 10.8 Å². The van der Waals surface area contributed by atoms with Gasteiger partial charge in [-0.25, -0.2) is 18.2 Å². The zero-order chi connectivity index (χ0) is 29.9. The van der Waals surface area contributed by atoms with Crippen LogP contribution in [0.25, 0.3) is 10.2 Å². The normalized spacial score (nSPS) is 14.4. The van der Waals surface area contributed by atoms with Gasteiger partial charge < -0.3 is 14.5 Å². The highest BCUT2D eigenvalue weighted by molar-refractivity contribution is 7.89. The maximum Gasteiger partial charge on any atom is 0.343 e. The second-order valence-electron chi connectivity index (χ2n) is 11.5. The fraction of sp³-hybridized carbons (Fsp3) is 0.375. The van der Waals surface area contributed by atoms with Crippen LogP contribution in [0.2, 0.25) is 0 Å². The Morgan fingerprint density at radius 3 is 2.12 bits per heavy atom. The van der Waals surface area contributed by atoms with Gasteiger partial charge in [-0.15, -0.1) is 0 Å². The van der Waals surface area contributed by atoms with Crippen LogP contribution in [0, 0.1) is 11.8 Å². The maximum absolute atomic E-state index is 13.3. The van der Waals surface area contributed by atoms with Crippen LogP contribution < -0.4 is 14.5 Å². The number of carbonyl (C=O) groups is 1. The van der Waals surface area contributed by atoms with Crippen molar-refractivity contribution in [1.29, 1.82) is 0 Å². The van der Waals surface area contributed by atoms with E-state index in [1.807, 2.05) is 45.9 Å². The predicted octanol–water partition coefficient (Wildman–Crippen LogP) is 6.14. The van der Waals surface area contributed by atoms with Crippen molar-refractivity contribution in [1.82, 2.24) is 9.29 Å². The van der Waals surface area contributed by atoms with Gasteiger partial charge in [0.2, 0.25) is 10.0 Å². The minimum Gasteiger partial charge on any atom is -0.423 e. The summed E-state index contributed by atoms with van der Waals surface area (Å²) in [7, 11) is -3.67. The molecule has 222 valence electrons. The molecule has 0 aliphatic carbocycles. The number of thiazole rings is 1. The Bertz CT molecular complexity index is 1600. The summed E-state index contributed by atoms with van der Waals surface area (Å²) in [5, 5.41) is 0.960. The number of hydrogen-bond donors (Lipinski definition) is 0. The average molecular weight is 607 g/mol. The van der Waals surface area contributed by atoms with Crippen molar-refractivity contribution in [2.45, 2.75) is 32.6 Å². The molecule has 4 aromatic rings. The van der Waals surface area contributed by atoms with Gasteiger partial charge in [0.05, 0.1) is 20.7 Å². The first kappa shape index (κ1) is 30.0. The molecule has 8 nitrogen and oxygen atoms in total. The molecule has 1 saturated heterocycles. The van der Waals surface area contributed by atoms with Crippen LogP contribution in [0.15, 0.2) is 77.7 Å². The molecular formula is C32H38N4O4S2. The summed E-state index contributed by atoms with van der Waals surface area (Å²) in [6.45, 7) is 12.5. The Morgan fingerprint density at radius 2 is 1.50 bits per heavy atom. The van der Waals surface area contributed by atoms with E-state index in [1.54, 1.807) is 17.4 Å². The molecule has 0 saturated carbocycles. The van der Waals surface area contributed by atoms with Crippen molar-refractivity contribution < 1.29 is 17.9 Å². The molecular weight excluding hydrogens is 569 g/mol. The lowest BCUT2D eigenvalue weighted by Crippen LogP contribution is -2.46. The van der Waals surface area contributed by atoms with Gasteiger partial charge in [-0.1, -0.05) is 57.2 Å². The summed E-state index contributed by atoms with van der Waals surface area (Å²) in [4.78, 5) is 22.6. The zero-order valence-electron chi connectivity index (χ0n) is 24.6. The van der Waals surface area contributed by atoms with Crippen LogP contribution in [0.3, 0.4) is 0 Å². The fourth-order valence-corrected chi connectivity index (χ4v) is 7.86. The van der Waals surface area contributed by atoms with Crippen molar-refractivity contribution in [2.24, 2.45) is 11.8 Å². The second kappa shape index (κ2) is 12.8. The molecule has 0 atom stereocenters. The predicted molar refractivity (Wildman–Crippen MR) is 170 cm³/mol. The van der Waals surface area contributed by atoms with Gasteiger partial charge in [-0.3, -0.25) is 0 Å². The molecule has 3 aromatic carbocycles. The summed E-state index contributed by atoms with van der Waals surface area (Å²) in [5.41, 5.74) is 2.39. The van der Waals surface area contributed by atoms with Gasteiger partial charge >= 0.3 is 5.97 Å². The Balaban J connectivity index is 1.24. The smallest absolute Gasteiger partial charge is 0.343 e. The number of nitrogens with zero attached hydrogens (tertiary/aromatic N) is 4. The molecule has 0 unspecified atom stereocenters. The average Bonchev–Trinajstić information content (AvgIpc) is 3.40. The number of ether oxygens (including phenoxy) is 1. The van der Waals surface area contributed by atoms with E-state index in [9.17, 15) is 13.2 Å². The Labute approximate surface area is 252 Å². The minimum absolute atomic E-state index is 0.170. The number of hydrogen-bond acceptors (Lipinski definition) is 8. The number of anilines is 2. The highest BCUT2D eigenvalue weighted by Gasteiger charge is 2.26. The van der Waals surface area contributed by atoms with Gasteiger partial charge in [0.25, 0.3) is 0 Å². The van der Waals surface area contributed by atoms with E-state index in [1.165, 1.54) is 34.3 Å². The third-order valence-electron chi connectivity index (χ3n) is 7.10. The lowest BCUT2D eigenvalue weighted by Gasteiger charge is -2.35. The number of benzene rings is 3. The van der Waals surface area contributed by atoms with Gasteiger partial charge in [0, 0.05) is 51.0 Å². The van der Waals surface area contributed by atoms with Crippen molar-refractivity contribution in [2.75, 3.05) is 49.1 Å². The molecule has 5 rings (SSSR count). The Hall–Kier alpha value is -3.47. The summed E-state index contributed by atoms with van der Waals surface area (Å²) in [6.07, 6.45) is 0. The molecule has 0 spiro atoms. The number of carbonyl (C=O) groups excluding carboxylic acids is 1. The lowest BCUT2D eigenvalue weighted by atomic mass is 10.2. The second-order valence-corrected chi connectivity index (χ2v) is 14.4. The molecule has 0 radical (unpaired) electrons. The van der Waals surface area contributed by atoms with Crippen molar-refractivity contribution in [3.8, 4) is 5.75 Å². The number of fused-ring (bicyclic) bond motifs is 1. The topological polar surface area (TPSA) is 83.0 Å². The lowest BCUT2D eigenvalue weighted by molar-refractivity contribution is 0.0735. The monoisotopic (exact) mass is 606 g/mol. The van der Waals surface area contributed by atoms with Crippen LogP contribution in [-0.2, 0) is 10.0 Å². The largest absolute Gasteiger partial charge is 0.423 e. The van der Waals surface area contributed by atoms with Crippen LogP contribution in [-0.4, -0.2) is 62.9 Å². The zero-order valence-corrected chi connectivity index (χ0v) is 26.2. The van der Waals surface area contributed by atoms with Crippen molar-refractivity contribution in [3.05, 3.63) is 78.4 Å². The molecule has 0 amide bonds. The molecule has 42 heavy (non-hydrogen) atoms. The first-order chi connectivity index (χ1) is 20.1. The number of sulfonamides is 1. The first-order valence-electron chi connectivity index (χ1n) is 14.4. The summed E-state index contributed by atoms with van der Waals surface area (Å²) in [6, 6.07) is 21.9. The Kier molecular flexibility index (Phi) is 9.15. The number of aromatic nitrogens is 1. The van der Waals surface area contributed by atoms with Gasteiger partial charge in [-0.2, -0.15) is 4.31 Å². The number of esters is 1. The van der Waals surface area contributed by atoms with E-state index >= 15 is 0 Å². The van der Waals surface area contributed by atoms with Gasteiger partial charge in [0.15, 0.2) is 5.13 Å². The molecule has 1 fully saturated rings. The third kappa shape index (κ3) is 6.94. The summed E-state index contributed by atoms with van der Waals surface area (Å²) < 4.78 is 34.7. The van der Waals surface area contributed by atoms with Crippen LogP contribution in [0.5, 0.6) is 5.75 Å². The first-order valence-corrected chi connectivity index (χ1v) is 16.6. The van der Waals surface area contributed by atoms with E-state index in [4.69, 9.17) is 9.72 Å². The highest BCUT2D eigenvalue weighted by atomic mass is 32.2. The third-order valence-corrected chi connectivity index (χ3v) is 10.0. The molecule has 2 heterocycles. The van der Waals surface area contributed by atoms with E-state index in [-0.39, 0.29) is 22.3 Å². The summed E-state index contributed by atoms with van der Waals surface area (Å²) >= 11 is 1.59. The molecule has 1 aliphatic heterocycles. The molecule has 10 heteroatoms. The molecule has 1 aromatic heterocycles. The van der Waals surface area contributed by atoms with E-state index in [0.717, 1.165) is 41.5 Å². The van der Waals surface area contributed by atoms with Gasteiger partial charge in [0.1, 0.15) is 5.75 Å². The van der Waals surface area contributed by atoms with Crippen molar-refractivity contribution >= 4 is 48.4 Å². The SMILES string of the molecule is CC(C)CN(CC(C)C)S(=O)(=O)c1ccc(C(=O)Oc2ccc3nc(N4CCN(c5ccccc5)CC4)sc3c2)cc1.